The molecule has 0 radical (unpaired) electrons. The van der Waals surface area contributed by atoms with Crippen LogP contribution in [0.4, 0.5) is 0 Å². The van der Waals surface area contributed by atoms with Crippen molar-refractivity contribution in [1.82, 2.24) is 9.97 Å². The number of benzene rings is 1. The van der Waals surface area contributed by atoms with Crippen molar-refractivity contribution >= 4 is 34.3 Å². The molecule has 1 N–H and O–H groups in total. The second-order valence-corrected chi connectivity index (χ2v) is 5.14. The van der Waals surface area contributed by atoms with Gasteiger partial charge in [-0.15, -0.1) is 0 Å². The van der Waals surface area contributed by atoms with E-state index in [0.29, 0.717) is 5.02 Å². The lowest BCUT2D eigenvalue weighted by molar-refractivity contribution is 1.12. The molecule has 0 atom stereocenters. The molecule has 4 heteroatoms. The molecule has 84 valence electrons. The summed E-state index contributed by atoms with van der Waals surface area (Å²) >= 11 is 7.40. The van der Waals surface area contributed by atoms with Gasteiger partial charge in [0.05, 0.1) is 10.0 Å². The topological polar surface area (TPSA) is 28.7 Å². The van der Waals surface area contributed by atoms with Gasteiger partial charge in [-0.1, -0.05) is 41.6 Å². The summed E-state index contributed by atoms with van der Waals surface area (Å²) in [6.45, 7) is 0. The first kappa shape index (κ1) is 10.7. The molecule has 0 bridgehead atoms. The fraction of sp³-hybridized carbons (Fsp3) is 0. The maximum atomic E-state index is 5.80. The van der Waals surface area contributed by atoms with E-state index in [0.717, 1.165) is 15.6 Å². The minimum atomic E-state index is 0.658. The second kappa shape index (κ2) is 4.43. The number of fused-ring (bicyclic) bond motifs is 1. The van der Waals surface area contributed by atoms with E-state index in [-0.39, 0.29) is 0 Å². The Labute approximate surface area is 108 Å². The molecule has 0 unspecified atom stereocenters. The fourth-order valence-electron chi connectivity index (χ4n) is 1.64. The van der Waals surface area contributed by atoms with E-state index in [4.69, 9.17) is 11.6 Å². The highest BCUT2D eigenvalue weighted by molar-refractivity contribution is 7.99. The summed E-state index contributed by atoms with van der Waals surface area (Å²) in [5.41, 5.74) is 1.14. The lowest BCUT2D eigenvalue weighted by atomic mass is 10.3. The molecule has 0 aliphatic carbocycles. The summed E-state index contributed by atoms with van der Waals surface area (Å²) in [6.07, 6.45) is 1.66. The van der Waals surface area contributed by atoms with Gasteiger partial charge in [-0.3, -0.25) is 0 Å². The van der Waals surface area contributed by atoms with Crippen molar-refractivity contribution in [2.45, 2.75) is 10.1 Å². The van der Waals surface area contributed by atoms with E-state index < -0.39 is 0 Å². The molecule has 3 aromatic rings. The predicted molar refractivity (Wildman–Crippen MR) is 71.7 cm³/mol. The van der Waals surface area contributed by atoms with Crippen molar-refractivity contribution in [2.75, 3.05) is 0 Å². The van der Waals surface area contributed by atoms with Gasteiger partial charge in [0.2, 0.25) is 0 Å². The number of nitrogens with one attached hydrogen (secondary N) is 1. The molecule has 0 amide bonds. The van der Waals surface area contributed by atoms with Crippen LogP contribution in [0.1, 0.15) is 0 Å². The summed E-state index contributed by atoms with van der Waals surface area (Å²) < 4.78 is 0. The average molecular weight is 261 g/mol. The monoisotopic (exact) mass is 260 g/mol. The number of aromatic nitrogens is 2. The zero-order valence-electron chi connectivity index (χ0n) is 8.85. The standard InChI is InChI=1S/C13H9ClN2S/c14-10-5-6-12(15-8-10)17-13-7-9-3-1-2-4-11(9)16-13/h1-8,16H. The minimum Gasteiger partial charge on any atom is -0.349 e. The molecule has 1 aromatic carbocycles. The molecule has 0 spiro atoms. The van der Waals surface area contributed by atoms with Gasteiger partial charge < -0.3 is 4.98 Å². The number of para-hydroxylation sites is 1. The molecule has 2 aromatic heterocycles. The third kappa shape index (κ3) is 2.30. The lowest BCUT2D eigenvalue weighted by Gasteiger charge is -1.97. The van der Waals surface area contributed by atoms with Crippen LogP contribution >= 0.6 is 23.4 Å². The fourth-order valence-corrected chi connectivity index (χ4v) is 2.56. The van der Waals surface area contributed by atoms with Crippen LogP contribution in [0.3, 0.4) is 0 Å². The Balaban J connectivity index is 1.92. The summed E-state index contributed by atoms with van der Waals surface area (Å²) in [7, 11) is 0. The average Bonchev–Trinajstić information content (AvgIpc) is 2.74. The van der Waals surface area contributed by atoms with Crippen LogP contribution in [0.5, 0.6) is 0 Å². The van der Waals surface area contributed by atoms with Crippen molar-refractivity contribution in [3.63, 3.8) is 0 Å². The van der Waals surface area contributed by atoms with E-state index in [1.165, 1.54) is 5.39 Å². The Morgan fingerprint density at radius 1 is 1.12 bits per heavy atom. The lowest BCUT2D eigenvalue weighted by Crippen LogP contribution is -1.78. The van der Waals surface area contributed by atoms with Crippen molar-refractivity contribution in [3.05, 3.63) is 53.7 Å². The number of rotatable bonds is 2. The van der Waals surface area contributed by atoms with Crippen LogP contribution in [0.15, 0.2) is 58.7 Å². The quantitative estimate of drug-likeness (QED) is 0.741. The van der Waals surface area contributed by atoms with Gasteiger partial charge in [0.25, 0.3) is 0 Å². The predicted octanol–water partition coefficient (Wildman–Crippen LogP) is 4.37. The SMILES string of the molecule is Clc1ccc(Sc2cc3ccccc3[nH]2)nc1. The molecule has 2 nitrogen and oxygen atoms in total. The van der Waals surface area contributed by atoms with E-state index in [9.17, 15) is 0 Å². The summed E-state index contributed by atoms with van der Waals surface area (Å²) in [5.74, 6) is 0. The number of halogens is 1. The summed E-state index contributed by atoms with van der Waals surface area (Å²) in [6, 6.07) is 14.1. The smallest absolute Gasteiger partial charge is 0.102 e. The molecular formula is C13H9ClN2S. The zero-order chi connectivity index (χ0) is 11.7. The molecule has 0 aliphatic heterocycles. The molecule has 0 fully saturated rings. The Bertz CT molecular complexity index is 613. The van der Waals surface area contributed by atoms with Crippen molar-refractivity contribution < 1.29 is 0 Å². The third-order valence-electron chi connectivity index (χ3n) is 2.42. The number of H-pyrrole nitrogens is 1. The van der Waals surface area contributed by atoms with Gasteiger partial charge in [-0.05, 0) is 24.3 Å². The van der Waals surface area contributed by atoms with Crippen LogP contribution in [0.25, 0.3) is 10.9 Å². The molecule has 3 rings (SSSR count). The second-order valence-electron chi connectivity index (χ2n) is 3.64. The van der Waals surface area contributed by atoms with E-state index >= 15 is 0 Å². The number of aromatic amines is 1. The first-order chi connectivity index (χ1) is 8.31. The van der Waals surface area contributed by atoms with Crippen LogP contribution in [-0.4, -0.2) is 9.97 Å². The number of nitrogens with zero attached hydrogens (tertiary/aromatic N) is 1. The molecule has 0 aliphatic rings. The third-order valence-corrected chi connectivity index (χ3v) is 3.53. The van der Waals surface area contributed by atoms with Gasteiger partial charge in [0, 0.05) is 17.1 Å². The molecule has 17 heavy (non-hydrogen) atoms. The molecular weight excluding hydrogens is 252 g/mol. The number of hydrogen-bond acceptors (Lipinski definition) is 2. The minimum absolute atomic E-state index is 0.658. The first-order valence-electron chi connectivity index (χ1n) is 5.18. The van der Waals surface area contributed by atoms with E-state index in [1.807, 2.05) is 24.3 Å². The highest BCUT2D eigenvalue weighted by atomic mass is 35.5. The van der Waals surface area contributed by atoms with Gasteiger partial charge >= 0.3 is 0 Å². The van der Waals surface area contributed by atoms with Crippen LogP contribution in [0.2, 0.25) is 5.02 Å². The normalized spacial score (nSPS) is 10.9. The Morgan fingerprint density at radius 3 is 2.76 bits per heavy atom. The van der Waals surface area contributed by atoms with Gasteiger partial charge in [0.1, 0.15) is 5.03 Å². The van der Waals surface area contributed by atoms with Gasteiger partial charge in [-0.2, -0.15) is 0 Å². The van der Waals surface area contributed by atoms with E-state index in [2.05, 4.69) is 28.2 Å². The zero-order valence-corrected chi connectivity index (χ0v) is 10.4. The van der Waals surface area contributed by atoms with Crippen molar-refractivity contribution in [2.24, 2.45) is 0 Å². The summed E-state index contributed by atoms with van der Waals surface area (Å²) in [5, 5.41) is 3.89. The highest BCUT2D eigenvalue weighted by Crippen LogP contribution is 2.28. The van der Waals surface area contributed by atoms with Crippen molar-refractivity contribution in [1.29, 1.82) is 0 Å². The highest BCUT2D eigenvalue weighted by Gasteiger charge is 2.03. The largest absolute Gasteiger partial charge is 0.349 e. The number of hydrogen-bond donors (Lipinski definition) is 1. The maximum absolute atomic E-state index is 5.80. The molecule has 0 saturated heterocycles. The molecule has 0 saturated carbocycles. The Hall–Kier alpha value is -1.45. The van der Waals surface area contributed by atoms with Crippen LogP contribution in [-0.2, 0) is 0 Å². The summed E-state index contributed by atoms with van der Waals surface area (Å²) in [4.78, 5) is 7.60. The first-order valence-corrected chi connectivity index (χ1v) is 6.38. The molecule has 2 heterocycles. The van der Waals surface area contributed by atoms with Gasteiger partial charge in [0.15, 0.2) is 0 Å². The number of pyridine rings is 1. The van der Waals surface area contributed by atoms with Gasteiger partial charge in [-0.25, -0.2) is 4.98 Å². The van der Waals surface area contributed by atoms with Crippen LogP contribution < -0.4 is 0 Å². The Morgan fingerprint density at radius 2 is 2.00 bits per heavy atom. The Kier molecular flexibility index (Phi) is 2.79. The maximum Gasteiger partial charge on any atom is 0.102 e. The van der Waals surface area contributed by atoms with Crippen molar-refractivity contribution in [3.8, 4) is 0 Å². The van der Waals surface area contributed by atoms with E-state index in [1.54, 1.807) is 18.0 Å². The van der Waals surface area contributed by atoms with Crippen LogP contribution in [0, 0.1) is 0 Å².